The van der Waals surface area contributed by atoms with Crippen molar-refractivity contribution in [3.8, 4) is 0 Å². The third-order valence-corrected chi connectivity index (χ3v) is 3.90. The molecule has 1 heterocycles. The van der Waals surface area contributed by atoms with Crippen LogP contribution in [-0.2, 0) is 6.42 Å². The lowest BCUT2D eigenvalue weighted by Crippen LogP contribution is -2.26. The number of benzene rings is 2. The Morgan fingerprint density at radius 2 is 1.95 bits per heavy atom. The lowest BCUT2D eigenvalue weighted by molar-refractivity contribution is 0.0697. The van der Waals surface area contributed by atoms with E-state index >= 15 is 0 Å². The maximum absolute atomic E-state index is 11.5. The zero-order valence-corrected chi connectivity index (χ0v) is 12.0. The van der Waals surface area contributed by atoms with E-state index in [0.717, 1.165) is 25.1 Å². The summed E-state index contributed by atoms with van der Waals surface area (Å²) in [4.78, 5) is 13.6. The van der Waals surface area contributed by atoms with Crippen molar-refractivity contribution in [3.63, 3.8) is 0 Å². The number of aryl methyl sites for hydroxylation is 2. The molecule has 108 valence electrons. The molecule has 2 aromatic carbocycles. The van der Waals surface area contributed by atoms with E-state index in [4.69, 9.17) is 5.73 Å². The number of carboxylic acid groups (broad SMARTS) is 1. The van der Waals surface area contributed by atoms with Gasteiger partial charge in [-0.1, -0.05) is 17.7 Å². The Hall–Kier alpha value is -2.49. The molecule has 0 spiro atoms. The minimum Gasteiger partial charge on any atom is -0.478 e. The van der Waals surface area contributed by atoms with Crippen LogP contribution in [0.2, 0.25) is 0 Å². The highest BCUT2D eigenvalue weighted by Gasteiger charge is 2.22. The molecule has 0 bridgehead atoms. The van der Waals surface area contributed by atoms with Gasteiger partial charge in [0.1, 0.15) is 0 Å². The second-order valence-corrected chi connectivity index (χ2v) is 5.47. The van der Waals surface area contributed by atoms with E-state index in [1.807, 2.05) is 0 Å². The van der Waals surface area contributed by atoms with Crippen LogP contribution in [0.5, 0.6) is 0 Å². The Bertz CT molecular complexity index is 710. The summed E-state index contributed by atoms with van der Waals surface area (Å²) in [5.41, 5.74) is 10.8. The normalized spacial score (nSPS) is 13.9. The predicted molar refractivity (Wildman–Crippen MR) is 84.3 cm³/mol. The third-order valence-electron chi connectivity index (χ3n) is 3.90. The molecule has 0 aromatic heterocycles. The maximum Gasteiger partial charge on any atom is 0.337 e. The van der Waals surface area contributed by atoms with Gasteiger partial charge in [-0.15, -0.1) is 0 Å². The molecule has 0 saturated carbocycles. The van der Waals surface area contributed by atoms with Crippen LogP contribution in [0.15, 0.2) is 36.4 Å². The van der Waals surface area contributed by atoms with Crippen molar-refractivity contribution in [2.24, 2.45) is 0 Å². The van der Waals surface area contributed by atoms with E-state index in [1.165, 1.54) is 17.2 Å². The molecule has 0 atom stereocenters. The van der Waals surface area contributed by atoms with Crippen LogP contribution in [0.4, 0.5) is 17.1 Å². The fourth-order valence-corrected chi connectivity index (χ4v) is 2.94. The summed E-state index contributed by atoms with van der Waals surface area (Å²) < 4.78 is 0. The molecule has 0 radical (unpaired) electrons. The third kappa shape index (κ3) is 2.44. The number of aromatic carboxylic acids is 1. The monoisotopic (exact) mass is 282 g/mol. The van der Waals surface area contributed by atoms with E-state index in [-0.39, 0.29) is 5.56 Å². The molecule has 0 fully saturated rings. The summed E-state index contributed by atoms with van der Waals surface area (Å²) in [5.74, 6) is -0.948. The van der Waals surface area contributed by atoms with Gasteiger partial charge in [0.15, 0.2) is 0 Å². The highest BCUT2D eigenvalue weighted by atomic mass is 16.4. The standard InChI is InChI=1S/C17H18N2O2/c1-11-4-6-15-12(9-11)3-2-8-19(15)16-7-5-13(18)10-14(16)17(20)21/h4-7,9-10H,2-3,8,18H2,1H3,(H,20,21). The van der Waals surface area contributed by atoms with Gasteiger partial charge >= 0.3 is 5.97 Å². The SMILES string of the molecule is Cc1ccc2c(c1)CCCN2c1ccc(N)cc1C(=O)O. The van der Waals surface area contributed by atoms with Gasteiger partial charge in [0.2, 0.25) is 0 Å². The first-order valence-electron chi connectivity index (χ1n) is 7.06. The Kier molecular flexibility index (Phi) is 3.29. The summed E-state index contributed by atoms with van der Waals surface area (Å²) in [5, 5.41) is 9.43. The van der Waals surface area contributed by atoms with Crippen molar-refractivity contribution in [1.82, 2.24) is 0 Å². The van der Waals surface area contributed by atoms with Gasteiger partial charge in [0.05, 0.1) is 11.3 Å². The molecular formula is C17H18N2O2. The minimum atomic E-state index is -0.948. The number of rotatable bonds is 2. The van der Waals surface area contributed by atoms with Crippen LogP contribution in [0.3, 0.4) is 0 Å². The van der Waals surface area contributed by atoms with Crippen LogP contribution in [0.25, 0.3) is 0 Å². The summed E-state index contributed by atoms with van der Waals surface area (Å²) >= 11 is 0. The largest absolute Gasteiger partial charge is 0.478 e. The van der Waals surface area contributed by atoms with E-state index < -0.39 is 5.97 Å². The zero-order chi connectivity index (χ0) is 15.0. The fourth-order valence-electron chi connectivity index (χ4n) is 2.94. The van der Waals surface area contributed by atoms with Gasteiger partial charge in [-0.2, -0.15) is 0 Å². The van der Waals surface area contributed by atoms with Crippen LogP contribution in [0.1, 0.15) is 27.9 Å². The predicted octanol–water partition coefficient (Wildman–Crippen LogP) is 3.36. The van der Waals surface area contributed by atoms with Crippen LogP contribution < -0.4 is 10.6 Å². The Balaban J connectivity index is 2.13. The Morgan fingerprint density at radius 3 is 2.71 bits per heavy atom. The Labute approximate surface area is 123 Å². The molecule has 0 saturated heterocycles. The topological polar surface area (TPSA) is 66.6 Å². The van der Waals surface area contributed by atoms with Crippen molar-refractivity contribution in [2.45, 2.75) is 19.8 Å². The number of nitrogens with two attached hydrogens (primary N) is 1. The first-order chi connectivity index (χ1) is 10.1. The molecule has 4 nitrogen and oxygen atoms in total. The van der Waals surface area contributed by atoms with Gasteiger partial charge in [-0.25, -0.2) is 4.79 Å². The number of anilines is 3. The van der Waals surface area contributed by atoms with E-state index in [2.05, 4.69) is 30.0 Å². The first-order valence-corrected chi connectivity index (χ1v) is 7.06. The molecule has 3 rings (SSSR count). The van der Waals surface area contributed by atoms with Gasteiger partial charge < -0.3 is 15.7 Å². The second-order valence-electron chi connectivity index (χ2n) is 5.47. The molecule has 0 aliphatic carbocycles. The summed E-state index contributed by atoms with van der Waals surface area (Å²) in [7, 11) is 0. The second kappa shape index (κ2) is 5.13. The number of carbonyl (C=O) groups is 1. The molecule has 3 N–H and O–H groups in total. The zero-order valence-electron chi connectivity index (χ0n) is 12.0. The fraction of sp³-hybridized carbons (Fsp3) is 0.235. The van der Waals surface area contributed by atoms with Crippen molar-refractivity contribution in [3.05, 3.63) is 53.1 Å². The van der Waals surface area contributed by atoms with Gasteiger partial charge in [0, 0.05) is 17.9 Å². The smallest absolute Gasteiger partial charge is 0.337 e. The lowest BCUT2D eigenvalue weighted by Gasteiger charge is -2.32. The molecule has 1 aliphatic rings. The van der Waals surface area contributed by atoms with Crippen molar-refractivity contribution < 1.29 is 9.90 Å². The minimum absolute atomic E-state index is 0.253. The van der Waals surface area contributed by atoms with Crippen LogP contribution in [-0.4, -0.2) is 17.6 Å². The average Bonchev–Trinajstić information content (AvgIpc) is 2.46. The number of fused-ring (bicyclic) bond motifs is 1. The van der Waals surface area contributed by atoms with E-state index in [9.17, 15) is 9.90 Å². The number of carboxylic acids is 1. The molecule has 21 heavy (non-hydrogen) atoms. The highest BCUT2D eigenvalue weighted by Crippen LogP contribution is 2.36. The number of nitrogen functional groups attached to an aromatic ring is 1. The molecular weight excluding hydrogens is 264 g/mol. The number of nitrogens with zero attached hydrogens (tertiary/aromatic N) is 1. The molecule has 0 unspecified atom stereocenters. The quantitative estimate of drug-likeness (QED) is 0.829. The Morgan fingerprint density at radius 1 is 1.19 bits per heavy atom. The number of hydrogen-bond acceptors (Lipinski definition) is 3. The molecule has 4 heteroatoms. The maximum atomic E-state index is 11.5. The van der Waals surface area contributed by atoms with E-state index in [1.54, 1.807) is 12.1 Å². The van der Waals surface area contributed by atoms with Crippen LogP contribution in [0, 0.1) is 6.92 Å². The number of hydrogen-bond donors (Lipinski definition) is 2. The van der Waals surface area contributed by atoms with Gasteiger partial charge in [0.25, 0.3) is 0 Å². The van der Waals surface area contributed by atoms with Gasteiger partial charge in [-0.05, 0) is 49.6 Å². The molecule has 1 aliphatic heterocycles. The molecule has 2 aromatic rings. The van der Waals surface area contributed by atoms with E-state index in [0.29, 0.717) is 11.4 Å². The average molecular weight is 282 g/mol. The van der Waals surface area contributed by atoms with Crippen molar-refractivity contribution in [1.29, 1.82) is 0 Å². The summed E-state index contributed by atoms with van der Waals surface area (Å²) in [6.07, 6.45) is 2.05. The van der Waals surface area contributed by atoms with Crippen molar-refractivity contribution in [2.75, 3.05) is 17.2 Å². The van der Waals surface area contributed by atoms with Crippen molar-refractivity contribution >= 4 is 23.0 Å². The lowest BCUT2D eigenvalue weighted by atomic mass is 9.98. The summed E-state index contributed by atoms with van der Waals surface area (Å²) in [6.45, 7) is 2.89. The first kappa shape index (κ1) is 13.5. The summed E-state index contributed by atoms with van der Waals surface area (Å²) in [6, 6.07) is 11.4. The van der Waals surface area contributed by atoms with Crippen LogP contribution >= 0.6 is 0 Å². The highest BCUT2D eigenvalue weighted by molar-refractivity contribution is 5.97. The van der Waals surface area contributed by atoms with Gasteiger partial charge in [-0.3, -0.25) is 0 Å². The molecule has 0 amide bonds.